The van der Waals surface area contributed by atoms with Gasteiger partial charge in [0.05, 0.1) is 15.3 Å². The molecule has 1 atom stereocenters. The third-order valence-electron chi connectivity index (χ3n) is 4.96. The first-order valence-electron chi connectivity index (χ1n) is 8.69. The molecule has 0 radical (unpaired) electrons. The van der Waals surface area contributed by atoms with Crippen molar-refractivity contribution in [1.29, 1.82) is 0 Å². The van der Waals surface area contributed by atoms with Crippen LogP contribution in [0.4, 0.5) is 13.2 Å². The Labute approximate surface area is 157 Å². The second-order valence-corrected chi connectivity index (χ2v) is 9.39. The number of nitrogens with one attached hydrogen (secondary N) is 1. The minimum Gasteiger partial charge on any atom is -0.390 e. The zero-order valence-electron chi connectivity index (χ0n) is 15.0. The Morgan fingerprint density at radius 3 is 2.19 bits per heavy atom. The fraction of sp³-hybridized carbons (Fsp3) is 0.350. The van der Waals surface area contributed by atoms with Gasteiger partial charge in [-0.25, -0.2) is 22.1 Å². The van der Waals surface area contributed by atoms with Crippen molar-refractivity contribution in [3.8, 4) is 11.1 Å². The zero-order chi connectivity index (χ0) is 19.8. The normalized spacial score (nSPS) is 25.1. The van der Waals surface area contributed by atoms with Crippen molar-refractivity contribution in [1.82, 2.24) is 4.72 Å². The Balaban J connectivity index is 1.82. The zero-order valence-corrected chi connectivity index (χ0v) is 15.8. The van der Waals surface area contributed by atoms with E-state index in [1.165, 1.54) is 12.1 Å². The summed E-state index contributed by atoms with van der Waals surface area (Å²) in [6.07, 6.45) is 2.44. The van der Waals surface area contributed by atoms with Gasteiger partial charge in [-0.1, -0.05) is 6.07 Å². The molecular weight excluding hydrogens is 375 g/mol. The minimum absolute atomic E-state index is 0.0415. The monoisotopic (exact) mass is 397 g/mol. The summed E-state index contributed by atoms with van der Waals surface area (Å²) < 4.78 is 57.4. The third-order valence-corrected chi connectivity index (χ3v) is 6.69. The van der Waals surface area contributed by atoms with Crippen LogP contribution in [0.1, 0.15) is 32.6 Å². The number of hydrogen-bond acceptors (Lipinski definition) is 2. The lowest BCUT2D eigenvalue weighted by Crippen LogP contribution is -2.42. The summed E-state index contributed by atoms with van der Waals surface area (Å²) in [4.78, 5) is 0.170. The van der Waals surface area contributed by atoms with Crippen LogP contribution in [0.5, 0.6) is 0 Å². The SMILES string of the molecule is C=S(=O)(NC1CCC(C)(O)CC1)c1ccc(-c2ccc(F)cc2F)c(F)c1. The highest BCUT2D eigenvalue weighted by atomic mass is 32.2. The first-order chi connectivity index (χ1) is 12.6. The molecule has 2 aromatic carbocycles. The summed E-state index contributed by atoms with van der Waals surface area (Å²) in [5, 5.41) is 10.0. The van der Waals surface area contributed by atoms with Crippen LogP contribution in [-0.4, -0.2) is 26.8 Å². The van der Waals surface area contributed by atoms with Gasteiger partial charge in [0.15, 0.2) is 0 Å². The molecule has 1 fully saturated rings. The van der Waals surface area contributed by atoms with Gasteiger partial charge in [0, 0.05) is 28.1 Å². The predicted octanol–water partition coefficient (Wildman–Crippen LogP) is 4.04. The number of benzene rings is 2. The van der Waals surface area contributed by atoms with E-state index in [-0.39, 0.29) is 22.1 Å². The fourth-order valence-electron chi connectivity index (χ4n) is 3.32. The molecular formula is C20H22F3NO2S. The van der Waals surface area contributed by atoms with Crippen molar-refractivity contribution in [3.63, 3.8) is 0 Å². The highest BCUT2D eigenvalue weighted by Gasteiger charge is 2.30. The summed E-state index contributed by atoms with van der Waals surface area (Å²) in [5.41, 5.74) is -0.827. The Morgan fingerprint density at radius 1 is 1.07 bits per heavy atom. The van der Waals surface area contributed by atoms with Gasteiger partial charge in [0.2, 0.25) is 0 Å². The van der Waals surface area contributed by atoms with Gasteiger partial charge in [-0.05, 0) is 62.7 Å². The van der Waals surface area contributed by atoms with Crippen molar-refractivity contribution in [2.45, 2.75) is 49.1 Å². The van der Waals surface area contributed by atoms with Gasteiger partial charge >= 0.3 is 0 Å². The lowest BCUT2D eigenvalue weighted by Gasteiger charge is -2.34. The molecule has 7 heteroatoms. The predicted molar refractivity (Wildman–Crippen MR) is 101 cm³/mol. The molecule has 3 nitrogen and oxygen atoms in total. The fourth-order valence-corrected chi connectivity index (χ4v) is 4.81. The minimum atomic E-state index is -2.96. The molecule has 2 aromatic rings. The van der Waals surface area contributed by atoms with Gasteiger partial charge in [-0.3, -0.25) is 0 Å². The molecule has 1 aliphatic carbocycles. The average Bonchev–Trinajstić information content (AvgIpc) is 2.57. The first kappa shape index (κ1) is 19.9. The van der Waals surface area contributed by atoms with E-state index < -0.39 is 32.8 Å². The van der Waals surface area contributed by atoms with Crippen LogP contribution in [0.2, 0.25) is 0 Å². The molecule has 0 spiro atoms. The molecule has 1 unspecified atom stereocenters. The van der Waals surface area contributed by atoms with Crippen LogP contribution in [0.25, 0.3) is 11.1 Å². The molecule has 0 amide bonds. The topological polar surface area (TPSA) is 49.3 Å². The Bertz CT molecular complexity index is 948. The van der Waals surface area contributed by atoms with E-state index in [9.17, 15) is 22.5 Å². The molecule has 0 heterocycles. The summed E-state index contributed by atoms with van der Waals surface area (Å²) in [7, 11) is -2.96. The molecule has 146 valence electrons. The molecule has 1 saturated carbocycles. The van der Waals surface area contributed by atoms with Crippen molar-refractivity contribution in [2.24, 2.45) is 0 Å². The number of aliphatic hydroxyl groups is 1. The number of hydrogen-bond donors (Lipinski definition) is 2. The summed E-state index contributed by atoms with van der Waals surface area (Å²) in [6, 6.07) is 6.63. The van der Waals surface area contributed by atoms with E-state index >= 15 is 0 Å². The standard InChI is InChI=1S/C20H22F3NO2S/c1-20(25)9-7-14(8-10-20)24-27(2,26)15-4-6-17(19(23)12-15)16-5-3-13(21)11-18(16)22/h3-6,11-12,14,25H,2,7-10H2,1H3,(H,24,26). The molecule has 0 bridgehead atoms. The summed E-state index contributed by atoms with van der Waals surface area (Å²) >= 11 is 0. The Hall–Kier alpha value is -1.83. The van der Waals surface area contributed by atoms with Gasteiger partial charge < -0.3 is 5.11 Å². The van der Waals surface area contributed by atoms with Crippen LogP contribution in [-0.2, 0) is 9.71 Å². The van der Waals surface area contributed by atoms with Gasteiger partial charge in [-0.15, -0.1) is 0 Å². The molecule has 0 aliphatic heterocycles. The van der Waals surface area contributed by atoms with Crippen LogP contribution in [0.3, 0.4) is 0 Å². The van der Waals surface area contributed by atoms with Crippen molar-refractivity contribution in [3.05, 3.63) is 53.8 Å². The maximum absolute atomic E-state index is 14.6. The lowest BCUT2D eigenvalue weighted by molar-refractivity contribution is 0.0164. The largest absolute Gasteiger partial charge is 0.390 e. The quantitative estimate of drug-likeness (QED) is 0.765. The smallest absolute Gasteiger partial charge is 0.134 e. The second kappa shape index (κ2) is 7.30. The first-order valence-corrected chi connectivity index (χ1v) is 10.4. The third kappa shape index (κ3) is 4.54. The van der Waals surface area contributed by atoms with Crippen molar-refractivity contribution < 1.29 is 22.5 Å². The van der Waals surface area contributed by atoms with E-state index in [0.717, 1.165) is 18.2 Å². The second-order valence-electron chi connectivity index (χ2n) is 7.33. The van der Waals surface area contributed by atoms with E-state index in [2.05, 4.69) is 10.6 Å². The van der Waals surface area contributed by atoms with Crippen molar-refractivity contribution in [2.75, 3.05) is 0 Å². The van der Waals surface area contributed by atoms with E-state index in [1.807, 2.05) is 0 Å². The van der Waals surface area contributed by atoms with Gasteiger partial charge in [0.25, 0.3) is 0 Å². The maximum Gasteiger partial charge on any atom is 0.134 e. The van der Waals surface area contributed by atoms with E-state index in [1.54, 1.807) is 6.92 Å². The highest BCUT2D eigenvalue weighted by molar-refractivity contribution is 7.98. The van der Waals surface area contributed by atoms with Crippen LogP contribution >= 0.6 is 0 Å². The number of halogens is 3. The summed E-state index contributed by atoms with van der Waals surface area (Å²) in [5.74, 6) is 1.33. The Morgan fingerprint density at radius 2 is 1.63 bits per heavy atom. The van der Waals surface area contributed by atoms with E-state index in [4.69, 9.17) is 0 Å². The van der Waals surface area contributed by atoms with Gasteiger partial charge in [-0.2, -0.15) is 0 Å². The number of rotatable bonds is 4. The molecule has 2 N–H and O–H groups in total. The molecule has 27 heavy (non-hydrogen) atoms. The highest BCUT2D eigenvalue weighted by Crippen LogP contribution is 2.30. The average molecular weight is 397 g/mol. The van der Waals surface area contributed by atoms with E-state index in [0.29, 0.717) is 31.7 Å². The van der Waals surface area contributed by atoms with Crippen LogP contribution < -0.4 is 4.72 Å². The molecule has 0 aromatic heterocycles. The summed E-state index contributed by atoms with van der Waals surface area (Å²) in [6.45, 7) is 1.77. The maximum atomic E-state index is 14.6. The van der Waals surface area contributed by atoms with Gasteiger partial charge in [0.1, 0.15) is 17.5 Å². The van der Waals surface area contributed by atoms with Crippen LogP contribution in [0, 0.1) is 17.5 Å². The molecule has 3 rings (SSSR count). The molecule has 1 aliphatic rings. The Kier molecular flexibility index (Phi) is 5.38. The van der Waals surface area contributed by atoms with Crippen molar-refractivity contribution >= 4 is 15.6 Å². The lowest BCUT2D eigenvalue weighted by atomic mass is 9.84. The molecule has 0 saturated heterocycles. The van der Waals surface area contributed by atoms with Crippen LogP contribution in [0.15, 0.2) is 41.3 Å².